The van der Waals surface area contributed by atoms with Gasteiger partial charge in [0.2, 0.25) is 0 Å². The summed E-state index contributed by atoms with van der Waals surface area (Å²) in [5.74, 6) is -3.82. The molecule has 8 heteroatoms. The second kappa shape index (κ2) is 9.56. The molecule has 3 rings (SSSR count). The Morgan fingerprint density at radius 2 is 1.50 bits per heavy atom. The number of rotatable bonds is 8. The zero-order valence-electron chi connectivity index (χ0n) is 17.2. The standard InChI is InChI=1S/C24H22F5NO2/c1-17(16-31)30(15-18-7-5-8-19(13-18)23(25,26)24(27,28)29)20-9-6-12-22(14-20)32-21-10-3-2-4-11-21/h2-14,17,31H,15-16H2,1H3. The monoisotopic (exact) mass is 451 g/mol. The Balaban J connectivity index is 1.89. The van der Waals surface area contributed by atoms with Crippen LogP contribution in [-0.4, -0.2) is 23.9 Å². The van der Waals surface area contributed by atoms with Crippen LogP contribution in [0.15, 0.2) is 78.9 Å². The van der Waals surface area contributed by atoms with Crippen LogP contribution < -0.4 is 9.64 Å². The van der Waals surface area contributed by atoms with Gasteiger partial charge in [0, 0.05) is 29.9 Å². The molecule has 0 aliphatic carbocycles. The van der Waals surface area contributed by atoms with Gasteiger partial charge in [0.1, 0.15) is 11.5 Å². The lowest BCUT2D eigenvalue weighted by atomic mass is 10.0. The number of hydrogen-bond donors (Lipinski definition) is 1. The number of halogens is 5. The second-order valence-corrected chi connectivity index (χ2v) is 7.34. The molecule has 0 aliphatic heterocycles. The molecular formula is C24H22F5NO2. The van der Waals surface area contributed by atoms with E-state index < -0.39 is 23.7 Å². The van der Waals surface area contributed by atoms with Gasteiger partial charge >= 0.3 is 12.1 Å². The minimum absolute atomic E-state index is 0.0122. The zero-order valence-corrected chi connectivity index (χ0v) is 17.2. The van der Waals surface area contributed by atoms with Gasteiger partial charge in [0.05, 0.1) is 6.61 Å². The molecule has 0 fully saturated rings. The van der Waals surface area contributed by atoms with Gasteiger partial charge in [-0.1, -0.05) is 42.5 Å². The number of hydrogen-bond acceptors (Lipinski definition) is 3. The van der Waals surface area contributed by atoms with Gasteiger partial charge in [-0.3, -0.25) is 0 Å². The van der Waals surface area contributed by atoms with Gasteiger partial charge < -0.3 is 14.7 Å². The Hall–Kier alpha value is -3.13. The first-order valence-electron chi connectivity index (χ1n) is 9.86. The first-order valence-corrected chi connectivity index (χ1v) is 9.86. The van der Waals surface area contributed by atoms with Gasteiger partial charge in [-0.05, 0) is 42.8 Å². The Bertz CT molecular complexity index is 1020. The van der Waals surface area contributed by atoms with Crippen molar-refractivity contribution in [3.8, 4) is 11.5 Å². The van der Waals surface area contributed by atoms with E-state index in [2.05, 4.69) is 0 Å². The molecular weight excluding hydrogens is 429 g/mol. The van der Waals surface area contributed by atoms with Crippen LogP contribution in [0, 0.1) is 0 Å². The molecule has 3 nitrogen and oxygen atoms in total. The minimum Gasteiger partial charge on any atom is -0.457 e. The van der Waals surface area contributed by atoms with Gasteiger partial charge in [-0.2, -0.15) is 22.0 Å². The normalized spacial score (nSPS) is 13.0. The maximum absolute atomic E-state index is 13.8. The van der Waals surface area contributed by atoms with Crippen molar-refractivity contribution in [1.29, 1.82) is 0 Å². The van der Waals surface area contributed by atoms with Crippen LogP contribution in [0.4, 0.5) is 27.6 Å². The number of aliphatic hydroxyl groups excluding tert-OH is 1. The van der Waals surface area contributed by atoms with Gasteiger partial charge in [0.15, 0.2) is 0 Å². The number of benzene rings is 3. The van der Waals surface area contributed by atoms with E-state index in [1.165, 1.54) is 12.1 Å². The molecule has 3 aromatic carbocycles. The minimum atomic E-state index is -5.69. The summed E-state index contributed by atoms with van der Waals surface area (Å²) in [5, 5.41) is 9.70. The molecule has 170 valence electrons. The smallest absolute Gasteiger partial charge is 0.457 e. The molecule has 0 bridgehead atoms. The largest absolute Gasteiger partial charge is 0.458 e. The van der Waals surface area contributed by atoms with Crippen LogP contribution in [-0.2, 0) is 12.5 Å². The molecule has 0 aromatic heterocycles. The van der Waals surface area contributed by atoms with Crippen LogP contribution in [0.2, 0.25) is 0 Å². The van der Waals surface area contributed by atoms with Crippen molar-refractivity contribution in [2.75, 3.05) is 11.5 Å². The molecule has 32 heavy (non-hydrogen) atoms. The number of aliphatic hydroxyl groups is 1. The molecule has 0 saturated carbocycles. The summed E-state index contributed by atoms with van der Waals surface area (Å²) < 4.78 is 71.7. The summed E-state index contributed by atoms with van der Waals surface area (Å²) in [4.78, 5) is 1.71. The third-order valence-electron chi connectivity index (χ3n) is 4.92. The highest BCUT2D eigenvalue weighted by molar-refractivity contribution is 5.53. The van der Waals surface area contributed by atoms with Gasteiger partial charge in [-0.25, -0.2) is 0 Å². The summed E-state index contributed by atoms with van der Waals surface area (Å²) >= 11 is 0. The van der Waals surface area contributed by atoms with Crippen molar-refractivity contribution in [3.63, 3.8) is 0 Å². The van der Waals surface area contributed by atoms with E-state index in [9.17, 15) is 27.1 Å². The van der Waals surface area contributed by atoms with E-state index in [0.717, 1.165) is 12.1 Å². The van der Waals surface area contributed by atoms with Crippen molar-refractivity contribution >= 4 is 5.69 Å². The van der Waals surface area contributed by atoms with E-state index in [4.69, 9.17) is 4.74 Å². The molecule has 3 aromatic rings. The molecule has 1 N–H and O–H groups in total. The average Bonchev–Trinajstić information content (AvgIpc) is 2.77. The Morgan fingerprint density at radius 1 is 0.844 bits per heavy atom. The van der Waals surface area contributed by atoms with Crippen molar-refractivity contribution in [2.45, 2.75) is 31.6 Å². The predicted molar refractivity (Wildman–Crippen MR) is 112 cm³/mol. The fourth-order valence-electron chi connectivity index (χ4n) is 3.18. The number of anilines is 1. The van der Waals surface area contributed by atoms with Crippen LogP contribution in [0.3, 0.4) is 0 Å². The molecule has 0 amide bonds. The topological polar surface area (TPSA) is 32.7 Å². The van der Waals surface area contributed by atoms with E-state index in [1.807, 2.05) is 18.2 Å². The van der Waals surface area contributed by atoms with Crippen molar-refractivity contribution in [2.24, 2.45) is 0 Å². The predicted octanol–water partition coefficient (Wildman–Crippen LogP) is 6.52. The average molecular weight is 451 g/mol. The maximum Gasteiger partial charge on any atom is 0.458 e. The molecule has 0 heterocycles. The number of alkyl halides is 5. The lowest BCUT2D eigenvalue weighted by molar-refractivity contribution is -0.289. The fourth-order valence-corrected chi connectivity index (χ4v) is 3.18. The van der Waals surface area contributed by atoms with Crippen LogP contribution in [0.5, 0.6) is 11.5 Å². The lowest BCUT2D eigenvalue weighted by Gasteiger charge is -2.31. The first kappa shape index (κ1) is 23.5. The highest BCUT2D eigenvalue weighted by atomic mass is 19.4. The summed E-state index contributed by atoms with van der Waals surface area (Å²) in [6.45, 7) is 1.49. The number of para-hydroxylation sites is 1. The molecule has 0 spiro atoms. The second-order valence-electron chi connectivity index (χ2n) is 7.34. The third-order valence-corrected chi connectivity index (χ3v) is 4.92. The van der Waals surface area contributed by atoms with Crippen LogP contribution in [0.25, 0.3) is 0 Å². The van der Waals surface area contributed by atoms with Crippen molar-refractivity contribution < 1.29 is 31.8 Å². The van der Waals surface area contributed by atoms with Crippen molar-refractivity contribution in [3.05, 3.63) is 90.0 Å². The van der Waals surface area contributed by atoms with E-state index >= 15 is 0 Å². The fraction of sp³-hybridized carbons (Fsp3) is 0.250. The number of nitrogens with zero attached hydrogens (tertiary/aromatic N) is 1. The van der Waals surface area contributed by atoms with Gasteiger partial charge in [-0.15, -0.1) is 0 Å². The van der Waals surface area contributed by atoms with E-state index in [0.29, 0.717) is 17.2 Å². The first-order chi connectivity index (χ1) is 15.1. The highest BCUT2D eigenvalue weighted by Gasteiger charge is 2.58. The summed E-state index contributed by atoms with van der Waals surface area (Å²) in [5.41, 5.74) is -0.255. The lowest BCUT2D eigenvalue weighted by Crippen LogP contribution is -2.36. The molecule has 1 unspecified atom stereocenters. The van der Waals surface area contributed by atoms with Crippen LogP contribution >= 0.6 is 0 Å². The molecule has 0 aliphatic rings. The summed E-state index contributed by atoms with van der Waals surface area (Å²) in [6.07, 6.45) is -5.69. The Morgan fingerprint density at radius 3 is 2.16 bits per heavy atom. The Kier molecular flexibility index (Phi) is 7.03. The highest BCUT2D eigenvalue weighted by Crippen LogP contribution is 2.44. The van der Waals surface area contributed by atoms with Gasteiger partial charge in [0.25, 0.3) is 0 Å². The van der Waals surface area contributed by atoms with Crippen LogP contribution in [0.1, 0.15) is 18.1 Å². The maximum atomic E-state index is 13.8. The van der Waals surface area contributed by atoms with Crippen molar-refractivity contribution in [1.82, 2.24) is 0 Å². The zero-order chi connectivity index (χ0) is 23.4. The SMILES string of the molecule is CC(CO)N(Cc1cccc(C(F)(F)C(F)(F)F)c1)c1cccc(Oc2ccccc2)c1. The Labute approximate surface area is 182 Å². The summed E-state index contributed by atoms with van der Waals surface area (Å²) in [6, 6.07) is 19.8. The molecule has 0 radical (unpaired) electrons. The number of ether oxygens (including phenoxy) is 1. The van der Waals surface area contributed by atoms with E-state index in [-0.39, 0.29) is 18.7 Å². The third kappa shape index (κ3) is 5.37. The van der Waals surface area contributed by atoms with E-state index in [1.54, 1.807) is 48.2 Å². The summed E-state index contributed by atoms with van der Waals surface area (Å²) in [7, 11) is 0. The quantitative estimate of drug-likeness (QED) is 0.396. The molecule has 1 atom stereocenters. The molecule has 0 saturated heterocycles.